The molecule has 2 aromatic rings. The van der Waals surface area contributed by atoms with E-state index in [0.717, 1.165) is 9.26 Å². The molecule has 6 heteroatoms. The van der Waals surface area contributed by atoms with Crippen molar-refractivity contribution in [3.05, 3.63) is 39.9 Å². The van der Waals surface area contributed by atoms with Gasteiger partial charge in [-0.05, 0) is 41.6 Å². The molecule has 0 saturated heterocycles. The molecule has 17 heavy (non-hydrogen) atoms. The van der Waals surface area contributed by atoms with Crippen LogP contribution in [0.25, 0.3) is 0 Å². The van der Waals surface area contributed by atoms with Gasteiger partial charge in [-0.1, -0.05) is 6.07 Å². The molecule has 0 radical (unpaired) electrons. The van der Waals surface area contributed by atoms with Crippen molar-refractivity contribution in [1.29, 1.82) is 0 Å². The third kappa shape index (κ3) is 3.52. The molecule has 5 nitrogen and oxygen atoms in total. The highest BCUT2D eigenvalue weighted by Crippen LogP contribution is 2.05. The lowest BCUT2D eigenvalue weighted by Crippen LogP contribution is -2.19. The molecule has 0 atom stereocenters. The predicted molar refractivity (Wildman–Crippen MR) is 72.5 cm³/mol. The summed E-state index contributed by atoms with van der Waals surface area (Å²) in [6.07, 6.45) is 3.52. The Morgan fingerprint density at radius 1 is 1.53 bits per heavy atom. The zero-order chi connectivity index (χ0) is 12.3. The molecular formula is C11H11IN4O. The van der Waals surface area contributed by atoms with Crippen LogP contribution < -0.4 is 5.32 Å². The van der Waals surface area contributed by atoms with Crippen molar-refractivity contribution in [2.45, 2.75) is 13.5 Å². The molecule has 0 spiro atoms. The van der Waals surface area contributed by atoms with Gasteiger partial charge in [0.25, 0.3) is 0 Å². The van der Waals surface area contributed by atoms with Gasteiger partial charge in [0.2, 0.25) is 5.91 Å². The van der Waals surface area contributed by atoms with Crippen molar-refractivity contribution in [1.82, 2.24) is 14.8 Å². The number of aromatic nitrogens is 3. The number of nitrogens with zero attached hydrogens (tertiary/aromatic N) is 3. The van der Waals surface area contributed by atoms with Gasteiger partial charge < -0.3 is 5.32 Å². The summed E-state index contributed by atoms with van der Waals surface area (Å²) >= 11 is 2.15. The fourth-order valence-corrected chi connectivity index (χ4v) is 1.81. The van der Waals surface area contributed by atoms with E-state index in [1.165, 1.54) is 0 Å². The fraction of sp³-hybridized carbons (Fsp3) is 0.182. The van der Waals surface area contributed by atoms with Crippen LogP contribution >= 0.6 is 22.6 Å². The summed E-state index contributed by atoms with van der Waals surface area (Å²) in [5, 5.41) is 6.77. The van der Waals surface area contributed by atoms with Gasteiger partial charge >= 0.3 is 0 Å². The van der Waals surface area contributed by atoms with Gasteiger partial charge in [-0.25, -0.2) is 4.98 Å². The summed E-state index contributed by atoms with van der Waals surface area (Å²) in [4.78, 5) is 15.9. The second-order valence-corrected chi connectivity index (χ2v) is 4.81. The predicted octanol–water partition coefficient (Wildman–Crippen LogP) is 1.83. The van der Waals surface area contributed by atoms with E-state index in [4.69, 9.17) is 0 Å². The molecule has 2 aromatic heterocycles. The van der Waals surface area contributed by atoms with Crippen LogP contribution in [-0.4, -0.2) is 20.7 Å². The molecule has 2 heterocycles. The van der Waals surface area contributed by atoms with E-state index in [1.807, 2.05) is 25.3 Å². The van der Waals surface area contributed by atoms with Crippen LogP contribution in [0.4, 0.5) is 5.82 Å². The first-order valence-corrected chi connectivity index (χ1v) is 6.13. The Hall–Kier alpha value is -1.44. The number of carbonyl (C=O) groups excluding carboxylic acids is 1. The summed E-state index contributed by atoms with van der Waals surface area (Å²) in [6, 6.07) is 5.50. The highest BCUT2D eigenvalue weighted by atomic mass is 127. The molecule has 0 aliphatic carbocycles. The molecule has 88 valence electrons. The number of amides is 1. The maximum atomic E-state index is 11.7. The Labute approximate surface area is 112 Å². The van der Waals surface area contributed by atoms with Crippen LogP contribution in [0.5, 0.6) is 0 Å². The molecule has 2 rings (SSSR count). The molecule has 1 amide bonds. The van der Waals surface area contributed by atoms with Gasteiger partial charge in [0.15, 0.2) is 0 Å². The number of halogens is 1. The molecular weight excluding hydrogens is 331 g/mol. The first-order valence-electron chi connectivity index (χ1n) is 5.05. The molecule has 0 aromatic carbocycles. The summed E-state index contributed by atoms with van der Waals surface area (Å²) in [7, 11) is 0. The highest BCUT2D eigenvalue weighted by molar-refractivity contribution is 14.1. The Morgan fingerprint density at radius 3 is 3.00 bits per heavy atom. The minimum Gasteiger partial charge on any atom is -0.309 e. The van der Waals surface area contributed by atoms with Crippen molar-refractivity contribution in [2.24, 2.45) is 0 Å². The average Bonchev–Trinajstić information content (AvgIpc) is 2.63. The summed E-state index contributed by atoms with van der Waals surface area (Å²) in [6.45, 7) is 2.07. The van der Waals surface area contributed by atoms with Crippen LogP contribution in [0.2, 0.25) is 0 Å². The number of nitrogens with one attached hydrogen (secondary N) is 1. The summed E-state index contributed by atoms with van der Waals surface area (Å²) in [5.74, 6) is 0.430. The van der Waals surface area contributed by atoms with E-state index in [1.54, 1.807) is 16.9 Å². The van der Waals surface area contributed by atoms with Gasteiger partial charge in [-0.3, -0.25) is 9.48 Å². The standard InChI is InChI=1S/C11H11IN4O/c1-8-3-2-4-10(14-8)15-11(17)7-16-6-9(12)5-13-16/h2-6H,7H2,1H3,(H,14,15,17). The van der Waals surface area contributed by atoms with Crippen molar-refractivity contribution in [3.8, 4) is 0 Å². The zero-order valence-electron chi connectivity index (χ0n) is 9.22. The molecule has 1 N–H and O–H groups in total. The van der Waals surface area contributed by atoms with Crippen molar-refractivity contribution in [2.75, 3.05) is 5.32 Å². The largest absolute Gasteiger partial charge is 0.309 e. The van der Waals surface area contributed by atoms with Crippen LogP contribution in [0, 0.1) is 10.5 Å². The van der Waals surface area contributed by atoms with Gasteiger partial charge in [0, 0.05) is 11.9 Å². The Balaban J connectivity index is 1.98. The van der Waals surface area contributed by atoms with Gasteiger partial charge in [-0.2, -0.15) is 5.10 Å². The van der Waals surface area contributed by atoms with Gasteiger partial charge in [-0.15, -0.1) is 0 Å². The molecule has 0 saturated carbocycles. The second kappa shape index (κ2) is 5.26. The number of pyridine rings is 1. The number of carbonyl (C=O) groups is 1. The van der Waals surface area contributed by atoms with Crippen molar-refractivity contribution >= 4 is 34.3 Å². The number of anilines is 1. The van der Waals surface area contributed by atoms with E-state index < -0.39 is 0 Å². The van der Waals surface area contributed by atoms with Gasteiger partial charge in [0.1, 0.15) is 12.4 Å². The minimum atomic E-state index is -0.136. The zero-order valence-corrected chi connectivity index (χ0v) is 11.4. The monoisotopic (exact) mass is 342 g/mol. The fourth-order valence-electron chi connectivity index (χ4n) is 1.37. The summed E-state index contributed by atoms with van der Waals surface area (Å²) in [5.41, 5.74) is 0.872. The third-order valence-electron chi connectivity index (χ3n) is 2.06. The lowest BCUT2D eigenvalue weighted by molar-refractivity contribution is -0.116. The molecule has 0 fully saturated rings. The number of aryl methyl sites for hydroxylation is 1. The van der Waals surface area contributed by atoms with E-state index in [9.17, 15) is 4.79 Å². The lowest BCUT2D eigenvalue weighted by atomic mass is 10.4. The third-order valence-corrected chi connectivity index (χ3v) is 2.62. The highest BCUT2D eigenvalue weighted by Gasteiger charge is 2.05. The number of hydrogen-bond donors (Lipinski definition) is 1. The topological polar surface area (TPSA) is 59.8 Å². The molecule has 0 bridgehead atoms. The molecule has 0 aliphatic heterocycles. The van der Waals surface area contributed by atoms with Crippen LogP contribution in [0.1, 0.15) is 5.69 Å². The van der Waals surface area contributed by atoms with E-state index in [-0.39, 0.29) is 12.5 Å². The SMILES string of the molecule is Cc1cccc(NC(=O)Cn2cc(I)cn2)n1. The number of hydrogen-bond acceptors (Lipinski definition) is 3. The summed E-state index contributed by atoms with van der Waals surface area (Å²) < 4.78 is 2.59. The Bertz CT molecular complexity index is 538. The molecule has 0 unspecified atom stereocenters. The first kappa shape index (κ1) is 12.0. The van der Waals surface area contributed by atoms with Crippen molar-refractivity contribution in [3.63, 3.8) is 0 Å². The van der Waals surface area contributed by atoms with E-state index in [2.05, 4.69) is 38.0 Å². The van der Waals surface area contributed by atoms with Crippen molar-refractivity contribution < 1.29 is 4.79 Å². The quantitative estimate of drug-likeness (QED) is 0.866. The normalized spacial score (nSPS) is 10.2. The maximum absolute atomic E-state index is 11.7. The lowest BCUT2D eigenvalue weighted by Gasteiger charge is -2.04. The number of rotatable bonds is 3. The van der Waals surface area contributed by atoms with Crippen LogP contribution in [-0.2, 0) is 11.3 Å². The average molecular weight is 342 g/mol. The van der Waals surface area contributed by atoms with E-state index in [0.29, 0.717) is 5.82 Å². The first-order chi connectivity index (χ1) is 8.13. The Morgan fingerprint density at radius 2 is 2.35 bits per heavy atom. The van der Waals surface area contributed by atoms with Crippen LogP contribution in [0.3, 0.4) is 0 Å². The second-order valence-electron chi connectivity index (χ2n) is 3.57. The van der Waals surface area contributed by atoms with Crippen LogP contribution in [0.15, 0.2) is 30.6 Å². The van der Waals surface area contributed by atoms with Gasteiger partial charge in [0.05, 0.1) is 9.77 Å². The molecule has 0 aliphatic rings. The Kier molecular flexibility index (Phi) is 3.72. The minimum absolute atomic E-state index is 0.136. The maximum Gasteiger partial charge on any atom is 0.247 e. The van der Waals surface area contributed by atoms with E-state index >= 15 is 0 Å². The smallest absolute Gasteiger partial charge is 0.247 e.